The van der Waals surface area contributed by atoms with Gasteiger partial charge >= 0.3 is 5.97 Å². The second-order valence-corrected chi connectivity index (χ2v) is 5.42. The summed E-state index contributed by atoms with van der Waals surface area (Å²) >= 11 is 0. The summed E-state index contributed by atoms with van der Waals surface area (Å²) in [5, 5.41) is 0. The molecule has 0 bridgehead atoms. The van der Waals surface area contributed by atoms with Gasteiger partial charge in [-0.15, -0.1) is 6.58 Å². The van der Waals surface area contributed by atoms with Crippen molar-refractivity contribution < 1.29 is 9.53 Å². The van der Waals surface area contributed by atoms with Gasteiger partial charge in [0.2, 0.25) is 0 Å². The normalized spacial score (nSPS) is 19.5. The van der Waals surface area contributed by atoms with Crippen molar-refractivity contribution in [3.8, 4) is 0 Å². The zero-order valence-electron chi connectivity index (χ0n) is 12.4. The third-order valence-electron chi connectivity index (χ3n) is 3.94. The molecule has 0 amide bonds. The van der Waals surface area contributed by atoms with E-state index >= 15 is 0 Å². The molecule has 1 fully saturated rings. The first kappa shape index (κ1) is 16.2. The molecule has 1 aliphatic heterocycles. The molecule has 1 saturated heterocycles. The maximum Gasteiger partial charge on any atom is 0.323 e. The number of carbonyl (C=O) groups excluding carboxylic acids is 1. The maximum absolute atomic E-state index is 11.6. The second-order valence-electron chi connectivity index (χ2n) is 5.42. The number of unbranched alkanes of at least 4 members (excludes halogenated alkanes) is 6. The summed E-state index contributed by atoms with van der Waals surface area (Å²) in [4.78, 5) is 13.9. The Labute approximate surface area is 118 Å². The number of esters is 1. The average Bonchev–Trinajstić information content (AvgIpc) is 2.89. The number of hydrogen-bond acceptors (Lipinski definition) is 3. The molecule has 0 saturated carbocycles. The Morgan fingerprint density at radius 2 is 1.95 bits per heavy atom. The topological polar surface area (TPSA) is 29.5 Å². The Morgan fingerprint density at radius 1 is 1.26 bits per heavy atom. The zero-order chi connectivity index (χ0) is 13.9. The van der Waals surface area contributed by atoms with Crippen LogP contribution in [0.25, 0.3) is 0 Å². The molecule has 0 aromatic rings. The van der Waals surface area contributed by atoms with Crippen molar-refractivity contribution in [3.05, 3.63) is 12.7 Å². The van der Waals surface area contributed by atoms with E-state index in [0.717, 1.165) is 32.4 Å². The highest BCUT2D eigenvalue weighted by molar-refractivity contribution is 5.75. The highest BCUT2D eigenvalue weighted by atomic mass is 16.5. The number of hydrogen-bond donors (Lipinski definition) is 0. The highest BCUT2D eigenvalue weighted by Gasteiger charge is 2.30. The first-order chi connectivity index (χ1) is 9.29. The molecule has 0 aromatic heterocycles. The van der Waals surface area contributed by atoms with Crippen LogP contribution < -0.4 is 0 Å². The van der Waals surface area contributed by atoms with Gasteiger partial charge in [-0.2, -0.15) is 0 Å². The summed E-state index contributed by atoms with van der Waals surface area (Å²) in [6.45, 7) is 5.84. The van der Waals surface area contributed by atoms with Crippen LogP contribution in [0.4, 0.5) is 0 Å². The van der Waals surface area contributed by atoms with Crippen LogP contribution in [0.1, 0.15) is 57.8 Å². The molecule has 19 heavy (non-hydrogen) atoms. The van der Waals surface area contributed by atoms with Crippen LogP contribution in [0.3, 0.4) is 0 Å². The molecule has 0 aliphatic carbocycles. The van der Waals surface area contributed by atoms with E-state index < -0.39 is 0 Å². The van der Waals surface area contributed by atoms with Gasteiger partial charge in [0, 0.05) is 0 Å². The monoisotopic (exact) mass is 267 g/mol. The van der Waals surface area contributed by atoms with Gasteiger partial charge < -0.3 is 4.74 Å². The van der Waals surface area contributed by atoms with E-state index in [4.69, 9.17) is 4.74 Å². The Kier molecular flexibility index (Phi) is 8.55. The fourth-order valence-corrected chi connectivity index (χ4v) is 2.81. The fourth-order valence-electron chi connectivity index (χ4n) is 2.81. The van der Waals surface area contributed by atoms with Gasteiger partial charge in [-0.05, 0) is 45.2 Å². The number of rotatable bonds is 10. The fraction of sp³-hybridized carbons (Fsp3) is 0.812. The maximum atomic E-state index is 11.6. The van der Waals surface area contributed by atoms with Crippen molar-refractivity contribution in [1.82, 2.24) is 4.90 Å². The Hall–Kier alpha value is -0.830. The third-order valence-corrected chi connectivity index (χ3v) is 3.94. The summed E-state index contributed by atoms with van der Waals surface area (Å²) in [6, 6.07) is 0.0255. The molecule has 1 heterocycles. The van der Waals surface area contributed by atoms with Crippen molar-refractivity contribution in [2.45, 2.75) is 63.8 Å². The van der Waals surface area contributed by atoms with E-state index in [-0.39, 0.29) is 12.0 Å². The highest BCUT2D eigenvalue weighted by Crippen LogP contribution is 2.19. The van der Waals surface area contributed by atoms with Crippen LogP contribution in [0.15, 0.2) is 12.7 Å². The molecule has 0 spiro atoms. The largest absolute Gasteiger partial charge is 0.468 e. The molecular weight excluding hydrogens is 238 g/mol. The standard InChI is InChI=1S/C16H29NO2/c1-3-4-5-6-7-8-9-10-13-17-14-11-12-15(17)16(18)19-2/h3,15H,1,4-14H2,2H3. The van der Waals surface area contributed by atoms with Crippen LogP contribution in [0.2, 0.25) is 0 Å². The van der Waals surface area contributed by atoms with Gasteiger partial charge in [-0.1, -0.05) is 31.8 Å². The van der Waals surface area contributed by atoms with Crippen molar-refractivity contribution in [3.63, 3.8) is 0 Å². The van der Waals surface area contributed by atoms with Gasteiger partial charge in [0.15, 0.2) is 0 Å². The molecule has 1 atom stereocenters. The minimum absolute atomic E-state index is 0.0255. The van der Waals surface area contributed by atoms with Crippen molar-refractivity contribution in [1.29, 1.82) is 0 Å². The van der Waals surface area contributed by atoms with Crippen LogP contribution in [0, 0.1) is 0 Å². The van der Waals surface area contributed by atoms with Crippen molar-refractivity contribution in [2.24, 2.45) is 0 Å². The van der Waals surface area contributed by atoms with E-state index in [1.807, 2.05) is 6.08 Å². The van der Waals surface area contributed by atoms with Crippen LogP contribution in [-0.4, -0.2) is 37.1 Å². The van der Waals surface area contributed by atoms with E-state index in [1.54, 1.807) is 0 Å². The van der Waals surface area contributed by atoms with E-state index in [0.29, 0.717) is 0 Å². The molecule has 1 aliphatic rings. The Balaban J connectivity index is 2.02. The number of methoxy groups -OCH3 is 1. The summed E-state index contributed by atoms with van der Waals surface area (Å²) < 4.78 is 4.86. The smallest absolute Gasteiger partial charge is 0.323 e. The van der Waals surface area contributed by atoms with Crippen LogP contribution >= 0.6 is 0 Å². The number of carbonyl (C=O) groups is 1. The number of ether oxygens (including phenoxy) is 1. The Bertz CT molecular complexity index is 265. The molecule has 110 valence electrons. The van der Waals surface area contributed by atoms with E-state index in [1.165, 1.54) is 45.6 Å². The summed E-state index contributed by atoms with van der Waals surface area (Å²) in [5.41, 5.74) is 0. The number of allylic oxidation sites excluding steroid dienone is 1. The number of nitrogens with zero attached hydrogens (tertiary/aromatic N) is 1. The molecule has 3 heteroatoms. The summed E-state index contributed by atoms with van der Waals surface area (Å²) in [7, 11) is 1.49. The Morgan fingerprint density at radius 3 is 2.63 bits per heavy atom. The molecule has 0 aromatic carbocycles. The van der Waals surface area contributed by atoms with Crippen LogP contribution in [-0.2, 0) is 9.53 Å². The average molecular weight is 267 g/mol. The molecular formula is C16H29NO2. The van der Waals surface area contributed by atoms with E-state index in [2.05, 4.69) is 11.5 Å². The lowest BCUT2D eigenvalue weighted by Crippen LogP contribution is -2.37. The van der Waals surface area contributed by atoms with Crippen LogP contribution in [0.5, 0.6) is 0 Å². The summed E-state index contributed by atoms with van der Waals surface area (Å²) in [6.07, 6.45) is 13.0. The number of likely N-dealkylation sites (tertiary alicyclic amines) is 1. The molecule has 0 radical (unpaired) electrons. The lowest BCUT2D eigenvalue weighted by molar-refractivity contribution is -0.145. The van der Waals surface area contributed by atoms with Crippen molar-refractivity contribution >= 4 is 5.97 Å². The predicted octanol–water partition coefficient (Wildman–Crippen LogP) is 3.54. The quantitative estimate of drug-likeness (QED) is 0.344. The van der Waals surface area contributed by atoms with Gasteiger partial charge in [0.1, 0.15) is 6.04 Å². The SMILES string of the molecule is C=CCCCCCCCCN1CCCC1C(=O)OC. The van der Waals surface area contributed by atoms with E-state index in [9.17, 15) is 4.79 Å². The van der Waals surface area contributed by atoms with Gasteiger partial charge in [-0.25, -0.2) is 0 Å². The second kappa shape index (κ2) is 10.0. The van der Waals surface area contributed by atoms with Crippen molar-refractivity contribution in [2.75, 3.05) is 20.2 Å². The zero-order valence-corrected chi connectivity index (χ0v) is 12.4. The summed E-state index contributed by atoms with van der Waals surface area (Å²) in [5.74, 6) is -0.0538. The molecule has 1 unspecified atom stereocenters. The third kappa shape index (κ3) is 6.24. The molecule has 0 N–H and O–H groups in total. The molecule has 1 rings (SSSR count). The molecule has 3 nitrogen and oxygen atoms in total. The lowest BCUT2D eigenvalue weighted by atomic mass is 10.1. The first-order valence-corrected chi connectivity index (χ1v) is 7.72. The lowest BCUT2D eigenvalue weighted by Gasteiger charge is -2.22. The van der Waals surface area contributed by atoms with Gasteiger partial charge in [-0.3, -0.25) is 9.69 Å². The minimum Gasteiger partial charge on any atom is -0.468 e. The minimum atomic E-state index is -0.0538. The predicted molar refractivity (Wildman–Crippen MR) is 79.1 cm³/mol. The van der Waals surface area contributed by atoms with Gasteiger partial charge in [0.25, 0.3) is 0 Å². The van der Waals surface area contributed by atoms with Gasteiger partial charge in [0.05, 0.1) is 7.11 Å². The first-order valence-electron chi connectivity index (χ1n) is 7.72.